The van der Waals surface area contributed by atoms with E-state index in [-0.39, 0.29) is 5.48 Å². The van der Waals surface area contributed by atoms with Gasteiger partial charge in [-0.15, -0.1) is 0 Å². The summed E-state index contributed by atoms with van der Waals surface area (Å²) in [4.78, 5) is 16.0. The molecule has 5 rings (SSSR count). The molecule has 10 heteroatoms. The number of fused-ring (bicyclic) bond motifs is 8. The molecule has 3 aromatic heterocycles. The quantitative estimate of drug-likeness (QED) is 0.278. The first-order valence-electron chi connectivity index (χ1n) is 8.55. The SMILES string of the molecule is C1=Cc2cc3ccc(cc4ccc(cc5nc(cc1n2)C=C5)[nH]4)[nH]3.O.O=S(=O)(O)O. The molecule has 0 spiro atoms. The minimum atomic E-state index is -4.67. The third-order valence-electron chi connectivity index (χ3n) is 4.04. The lowest BCUT2D eigenvalue weighted by molar-refractivity contribution is 0.381. The molecule has 8 bridgehead atoms. The van der Waals surface area contributed by atoms with Gasteiger partial charge in [0.15, 0.2) is 0 Å². The van der Waals surface area contributed by atoms with Gasteiger partial charge in [-0.2, -0.15) is 8.42 Å². The number of nitrogens with one attached hydrogen (secondary N) is 2. The number of aromatic nitrogens is 4. The highest BCUT2D eigenvalue weighted by molar-refractivity contribution is 7.79. The van der Waals surface area contributed by atoms with E-state index in [0.29, 0.717) is 0 Å². The smallest absolute Gasteiger partial charge is 0.394 e. The summed E-state index contributed by atoms with van der Waals surface area (Å²) in [5, 5.41) is 0. The Hall–Kier alpha value is -3.57. The average Bonchev–Trinajstić information content (AvgIpc) is 3.38. The maximum absolute atomic E-state index is 8.74. The summed E-state index contributed by atoms with van der Waals surface area (Å²) in [5.74, 6) is 0. The Balaban J connectivity index is 0.000000386. The second kappa shape index (κ2) is 8.43. The Bertz CT molecular complexity index is 1300. The number of hydrogen-bond donors (Lipinski definition) is 4. The first-order valence-corrected chi connectivity index (χ1v) is 9.94. The van der Waals surface area contributed by atoms with Crippen LogP contribution in [0.4, 0.5) is 0 Å². The summed E-state index contributed by atoms with van der Waals surface area (Å²) in [6.07, 6.45) is 8.05. The number of rotatable bonds is 0. The van der Waals surface area contributed by atoms with Crippen LogP contribution < -0.4 is 0 Å². The van der Waals surface area contributed by atoms with Gasteiger partial charge in [-0.05, 0) is 72.8 Å². The minimum absolute atomic E-state index is 0. The molecule has 154 valence electrons. The monoisotopic (exact) mass is 426 g/mol. The Morgan fingerprint density at radius 2 is 0.900 bits per heavy atom. The van der Waals surface area contributed by atoms with Crippen LogP contribution in [0.3, 0.4) is 0 Å². The molecule has 0 unspecified atom stereocenters. The molecule has 0 aromatic carbocycles. The van der Waals surface area contributed by atoms with Crippen LogP contribution in [0.15, 0.2) is 48.5 Å². The fourth-order valence-electron chi connectivity index (χ4n) is 2.94. The molecule has 0 amide bonds. The van der Waals surface area contributed by atoms with Gasteiger partial charge >= 0.3 is 10.4 Å². The van der Waals surface area contributed by atoms with Gasteiger partial charge in [-0.25, -0.2) is 9.97 Å². The zero-order valence-electron chi connectivity index (χ0n) is 15.4. The normalized spacial score (nSPS) is 12.1. The van der Waals surface area contributed by atoms with Crippen molar-refractivity contribution in [2.24, 2.45) is 0 Å². The van der Waals surface area contributed by atoms with Crippen LogP contribution in [0.2, 0.25) is 0 Å². The highest BCUT2D eigenvalue weighted by Crippen LogP contribution is 2.17. The van der Waals surface area contributed by atoms with E-state index in [9.17, 15) is 0 Å². The Morgan fingerprint density at radius 1 is 0.600 bits per heavy atom. The van der Waals surface area contributed by atoms with E-state index in [4.69, 9.17) is 17.5 Å². The maximum Gasteiger partial charge on any atom is 0.394 e. The van der Waals surface area contributed by atoms with Crippen molar-refractivity contribution in [1.82, 2.24) is 19.9 Å². The van der Waals surface area contributed by atoms with Gasteiger partial charge in [0.05, 0.1) is 22.8 Å². The van der Waals surface area contributed by atoms with Crippen molar-refractivity contribution < 1.29 is 23.0 Å². The van der Waals surface area contributed by atoms with Crippen LogP contribution in [0.25, 0.3) is 46.4 Å². The highest BCUT2D eigenvalue weighted by atomic mass is 32.3. The van der Waals surface area contributed by atoms with E-state index >= 15 is 0 Å². The number of nitrogens with zero attached hydrogens (tertiary/aromatic N) is 2. The van der Waals surface area contributed by atoms with Crippen LogP contribution in [0.5, 0.6) is 0 Å². The van der Waals surface area contributed by atoms with E-state index in [2.05, 4.69) is 50.3 Å². The summed E-state index contributed by atoms with van der Waals surface area (Å²) in [7, 11) is -4.67. The fourth-order valence-corrected chi connectivity index (χ4v) is 2.94. The summed E-state index contributed by atoms with van der Waals surface area (Å²) in [5.41, 5.74) is 7.86. The average molecular weight is 426 g/mol. The van der Waals surface area contributed by atoms with E-state index < -0.39 is 10.4 Å². The van der Waals surface area contributed by atoms with Gasteiger partial charge in [0.25, 0.3) is 0 Å². The van der Waals surface area contributed by atoms with Gasteiger partial charge in [0.2, 0.25) is 0 Å². The number of hydrogen-bond acceptors (Lipinski definition) is 4. The van der Waals surface area contributed by atoms with Crippen molar-refractivity contribution in [3.8, 4) is 0 Å². The van der Waals surface area contributed by atoms with Gasteiger partial charge < -0.3 is 15.4 Å². The zero-order chi connectivity index (χ0) is 20.4. The topological polar surface area (TPSA) is 163 Å². The van der Waals surface area contributed by atoms with Gasteiger partial charge in [-0.1, -0.05) is 0 Å². The van der Waals surface area contributed by atoms with Gasteiger partial charge in [-0.3, -0.25) is 9.11 Å². The maximum atomic E-state index is 8.74. The van der Waals surface area contributed by atoms with Gasteiger partial charge in [0.1, 0.15) is 0 Å². The molecule has 0 atom stereocenters. The second-order valence-electron chi connectivity index (χ2n) is 6.35. The molecule has 0 saturated heterocycles. The predicted molar refractivity (Wildman–Crippen MR) is 117 cm³/mol. The highest BCUT2D eigenvalue weighted by Gasteiger charge is 2.02. The first kappa shape index (κ1) is 21.1. The lowest BCUT2D eigenvalue weighted by Gasteiger charge is -1.86. The third kappa shape index (κ3) is 5.72. The molecule has 6 N–H and O–H groups in total. The summed E-state index contributed by atoms with van der Waals surface area (Å²) in [6.45, 7) is 0. The lowest BCUT2D eigenvalue weighted by atomic mass is 10.3. The third-order valence-corrected chi connectivity index (χ3v) is 4.04. The number of H-pyrrole nitrogens is 2. The fraction of sp³-hybridized carbons (Fsp3) is 0. The molecular weight excluding hydrogens is 408 g/mol. The Kier molecular flexibility index (Phi) is 5.94. The molecular formula is C20H18N4O5S. The molecule has 5 heterocycles. The molecule has 0 fully saturated rings. The molecule has 2 aliphatic heterocycles. The minimum Gasteiger partial charge on any atom is -0.412 e. The van der Waals surface area contributed by atoms with E-state index in [1.165, 1.54) is 0 Å². The van der Waals surface area contributed by atoms with Crippen molar-refractivity contribution in [2.45, 2.75) is 0 Å². The largest absolute Gasteiger partial charge is 0.412 e. The molecule has 0 aliphatic carbocycles. The van der Waals surface area contributed by atoms with Crippen molar-refractivity contribution >= 4 is 56.8 Å². The van der Waals surface area contributed by atoms with E-state index in [1.54, 1.807) is 0 Å². The van der Waals surface area contributed by atoms with Gasteiger partial charge in [0, 0.05) is 22.1 Å². The molecule has 0 saturated carbocycles. The van der Waals surface area contributed by atoms with Crippen molar-refractivity contribution in [3.05, 3.63) is 71.3 Å². The Morgan fingerprint density at radius 3 is 1.27 bits per heavy atom. The van der Waals surface area contributed by atoms with Crippen LogP contribution in [0, 0.1) is 0 Å². The Labute approximate surface area is 171 Å². The first-order chi connectivity index (χ1) is 13.8. The standard InChI is InChI=1S/C20H14N4.H2O4S.H2O/c1-2-14-10-16-5-6-18(23-16)12-20-8-7-19(24-20)11-17-4-3-15(22-17)9-13(1)21-14;1-5(2,3)4;/h1-12,21-22H;(H2,1,2,3,4);1H2. The molecule has 0 radical (unpaired) electrons. The molecule has 9 nitrogen and oxygen atoms in total. The van der Waals surface area contributed by atoms with Crippen LogP contribution in [0.1, 0.15) is 22.8 Å². The summed E-state index contributed by atoms with van der Waals surface area (Å²) >= 11 is 0. The van der Waals surface area contributed by atoms with Crippen molar-refractivity contribution in [2.75, 3.05) is 0 Å². The predicted octanol–water partition coefficient (Wildman–Crippen LogP) is 3.18. The second-order valence-corrected chi connectivity index (χ2v) is 7.25. The zero-order valence-corrected chi connectivity index (χ0v) is 16.3. The van der Waals surface area contributed by atoms with Crippen molar-refractivity contribution in [3.63, 3.8) is 0 Å². The molecule has 30 heavy (non-hydrogen) atoms. The van der Waals surface area contributed by atoms with Crippen LogP contribution >= 0.6 is 0 Å². The summed E-state index contributed by atoms with van der Waals surface area (Å²) in [6, 6.07) is 16.4. The van der Waals surface area contributed by atoms with E-state index in [0.717, 1.165) is 44.8 Å². The van der Waals surface area contributed by atoms with E-state index in [1.807, 2.05) is 42.5 Å². The lowest BCUT2D eigenvalue weighted by Crippen LogP contribution is -1.89. The molecule has 3 aromatic rings. The summed E-state index contributed by atoms with van der Waals surface area (Å²) < 4.78 is 31.6. The van der Waals surface area contributed by atoms with Crippen molar-refractivity contribution in [1.29, 1.82) is 0 Å². The van der Waals surface area contributed by atoms with Crippen LogP contribution in [-0.4, -0.2) is 42.9 Å². The number of aromatic amines is 2. The molecule has 2 aliphatic rings. The van der Waals surface area contributed by atoms with Crippen LogP contribution in [-0.2, 0) is 10.4 Å².